The minimum atomic E-state index is -3.77. The maximum absolute atomic E-state index is 12.6. The predicted molar refractivity (Wildman–Crippen MR) is 112 cm³/mol. The van der Waals surface area contributed by atoms with E-state index < -0.39 is 10.0 Å². The van der Waals surface area contributed by atoms with Crippen molar-refractivity contribution in [3.63, 3.8) is 0 Å². The van der Waals surface area contributed by atoms with Crippen LogP contribution in [0.25, 0.3) is 11.0 Å². The van der Waals surface area contributed by atoms with E-state index in [9.17, 15) is 8.42 Å². The Balaban J connectivity index is 1.48. The zero-order valence-corrected chi connectivity index (χ0v) is 16.3. The lowest BCUT2D eigenvalue weighted by Crippen LogP contribution is -2.13. The molecule has 29 heavy (non-hydrogen) atoms. The van der Waals surface area contributed by atoms with Gasteiger partial charge in [0, 0.05) is 12.1 Å². The van der Waals surface area contributed by atoms with Crippen molar-refractivity contribution in [2.24, 2.45) is 0 Å². The summed E-state index contributed by atoms with van der Waals surface area (Å²) in [7, 11) is -3.77. The molecular formula is C22H18N4O2S. The van der Waals surface area contributed by atoms with Crippen molar-refractivity contribution >= 4 is 26.7 Å². The Morgan fingerprint density at radius 1 is 0.966 bits per heavy atom. The maximum atomic E-state index is 12.6. The van der Waals surface area contributed by atoms with Crippen LogP contribution in [0.2, 0.25) is 0 Å². The van der Waals surface area contributed by atoms with Crippen LogP contribution in [-0.4, -0.2) is 18.4 Å². The van der Waals surface area contributed by atoms with Crippen molar-refractivity contribution < 1.29 is 8.42 Å². The highest BCUT2D eigenvalue weighted by atomic mass is 32.2. The van der Waals surface area contributed by atoms with E-state index in [-0.39, 0.29) is 4.90 Å². The number of aromatic nitrogens is 2. The fourth-order valence-corrected chi connectivity index (χ4v) is 4.22. The number of benzene rings is 3. The number of fused-ring (bicyclic) bond motifs is 1. The average Bonchev–Trinajstić information content (AvgIpc) is 3.15. The summed E-state index contributed by atoms with van der Waals surface area (Å²) >= 11 is 0. The highest BCUT2D eigenvalue weighted by Crippen LogP contribution is 2.19. The molecule has 0 aliphatic carbocycles. The summed E-state index contributed by atoms with van der Waals surface area (Å²) in [6.07, 6.45) is 1.44. The molecule has 2 N–H and O–H groups in total. The van der Waals surface area contributed by atoms with Gasteiger partial charge in [-0.3, -0.25) is 4.72 Å². The minimum Gasteiger partial charge on any atom is -0.342 e. The van der Waals surface area contributed by atoms with Gasteiger partial charge in [0.05, 0.1) is 27.6 Å². The number of sulfonamides is 1. The molecular weight excluding hydrogens is 384 g/mol. The van der Waals surface area contributed by atoms with Gasteiger partial charge in [-0.2, -0.15) is 5.26 Å². The van der Waals surface area contributed by atoms with E-state index in [1.807, 2.05) is 48.5 Å². The number of nitrogens with zero attached hydrogens (tertiary/aromatic N) is 2. The highest BCUT2D eigenvalue weighted by Gasteiger charge is 2.15. The number of rotatable bonds is 6. The van der Waals surface area contributed by atoms with Gasteiger partial charge in [-0.05, 0) is 54.4 Å². The van der Waals surface area contributed by atoms with E-state index in [4.69, 9.17) is 5.26 Å². The van der Waals surface area contributed by atoms with Crippen LogP contribution in [0.1, 0.15) is 17.0 Å². The summed E-state index contributed by atoms with van der Waals surface area (Å²) in [6, 6.07) is 23.1. The molecule has 0 radical (unpaired) electrons. The normalized spacial score (nSPS) is 11.3. The van der Waals surface area contributed by atoms with Crippen LogP contribution < -0.4 is 4.72 Å². The minimum absolute atomic E-state index is 0.0595. The lowest BCUT2D eigenvalue weighted by Gasteiger charge is -2.10. The van der Waals surface area contributed by atoms with E-state index in [1.165, 1.54) is 12.1 Å². The van der Waals surface area contributed by atoms with Gasteiger partial charge >= 0.3 is 0 Å². The molecule has 0 saturated carbocycles. The first kappa shape index (κ1) is 18.7. The third-order valence-electron chi connectivity index (χ3n) is 4.54. The predicted octanol–water partition coefficient (Wildman–Crippen LogP) is 4.02. The van der Waals surface area contributed by atoms with Crippen LogP contribution in [0.4, 0.5) is 5.69 Å². The smallest absolute Gasteiger partial charge is 0.261 e. The van der Waals surface area contributed by atoms with Crippen molar-refractivity contribution in [3.05, 3.63) is 89.7 Å². The Hall–Kier alpha value is -3.63. The molecule has 0 aliphatic heterocycles. The Kier molecular flexibility index (Phi) is 5.02. The zero-order valence-electron chi connectivity index (χ0n) is 15.5. The maximum Gasteiger partial charge on any atom is 0.261 e. The number of para-hydroxylation sites is 2. The Bertz CT molecular complexity index is 1290. The number of aromatic amines is 1. The summed E-state index contributed by atoms with van der Waals surface area (Å²) in [4.78, 5) is 7.93. The van der Waals surface area contributed by atoms with E-state index in [1.54, 1.807) is 18.2 Å². The topological polar surface area (TPSA) is 98.6 Å². The molecule has 1 aromatic heterocycles. The van der Waals surface area contributed by atoms with Gasteiger partial charge in [-0.15, -0.1) is 0 Å². The second-order valence-corrected chi connectivity index (χ2v) is 8.33. The van der Waals surface area contributed by atoms with E-state index in [0.717, 1.165) is 35.3 Å². The summed E-state index contributed by atoms with van der Waals surface area (Å²) in [5.41, 5.74) is 3.71. The number of aryl methyl sites for hydroxylation is 2. The van der Waals surface area contributed by atoms with E-state index in [0.29, 0.717) is 11.3 Å². The van der Waals surface area contributed by atoms with Crippen LogP contribution in [-0.2, 0) is 22.9 Å². The Labute approximate surface area is 168 Å². The molecule has 1 heterocycles. The quantitative estimate of drug-likeness (QED) is 0.509. The van der Waals surface area contributed by atoms with Crippen molar-refractivity contribution in [3.8, 4) is 6.07 Å². The standard InChI is InChI=1S/C22H18N4O2S/c23-15-17-6-4-8-19(14-17)29(27,28)26-18-7-3-5-16(13-18)11-12-22-24-20-9-1-2-10-21(20)25-22/h1-10,13-14,26H,11-12H2,(H,24,25). The molecule has 0 unspecified atom stereocenters. The van der Waals surface area contributed by atoms with E-state index in [2.05, 4.69) is 14.7 Å². The second kappa shape index (κ2) is 7.78. The molecule has 0 amide bonds. The fraction of sp³-hybridized carbons (Fsp3) is 0.0909. The molecule has 4 rings (SSSR count). The number of imidazole rings is 1. The van der Waals surface area contributed by atoms with Crippen molar-refractivity contribution in [1.29, 1.82) is 5.26 Å². The summed E-state index contributed by atoms with van der Waals surface area (Å²) in [6.45, 7) is 0. The molecule has 7 heteroatoms. The molecule has 3 aromatic carbocycles. The molecule has 0 aliphatic rings. The summed E-state index contributed by atoms with van der Waals surface area (Å²) in [5.74, 6) is 0.894. The number of anilines is 1. The molecule has 6 nitrogen and oxygen atoms in total. The summed E-state index contributed by atoms with van der Waals surface area (Å²) in [5, 5.41) is 8.98. The molecule has 4 aromatic rings. The SMILES string of the molecule is N#Cc1cccc(S(=O)(=O)Nc2cccc(CCc3nc4ccccc4[nH]3)c2)c1. The largest absolute Gasteiger partial charge is 0.342 e. The van der Waals surface area contributed by atoms with Crippen LogP contribution in [0, 0.1) is 11.3 Å². The van der Waals surface area contributed by atoms with Gasteiger partial charge < -0.3 is 4.98 Å². The van der Waals surface area contributed by atoms with Crippen LogP contribution in [0.15, 0.2) is 77.7 Å². The Morgan fingerprint density at radius 3 is 2.62 bits per heavy atom. The second-order valence-electron chi connectivity index (χ2n) is 6.65. The number of nitriles is 1. The van der Waals surface area contributed by atoms with Gasteiger partial charge in [-0.25, -0.2) is 13.4 Å². The van der Waals surface area contributed by atoms with Gasteiger partial charge in [0.15, 0.2) is 0 Å². The molecule has 0 atom stereocenters. The number of H-pyrrole nitrogens is 1. The van der Waals surface area contributed by atoms with Gasteiger partial charge in [0.2, 0.25) is 0 Å². The van der Waals surface area contributed by atoms with Crippen LogP contribution in [0.5, 0.6) is 0 Å². The van der Waals surface area contributed by atoms with E-state index >= 15 is 0 Å². The Morgan fingerprint density at radius 2 is 1.79 bits per heavy atom. The van der Waals surface area contributed by atoms with Crippen molar-refractivity contribution in [2.45, 2.75) is 17.7 Å². The molecule has 144 valence electrons. The molecule has 0 saturated heterocycles. The molecule has 0 fully saturated rings. The monoisotopic (exact) mass is 402 g/mol. The van der Waals surface area contributed by atoms with Crippen molar-refractivity contribution in [1.82, 2.24) is 9.97 Å². The number of hydrogen-bond acceptors (Lipinski definition) is 4. The first-order chi connectivity index (χ1) is 14.0. The van der Waals surface area contributed by atoms with Crippen LogP contribution >= 0.6 is 0 Å². The van der Waals surface area contributed by atoms with Gasteiger partial charge in [-0.1, -0.05) is 30.3 Å². The first-order valence-electron chi connectivity index (χ1n) is 9.09. The lowest BCUT2D eigenvalue weighted by atomic mass is 10.1. The molecule has 0 spiro atoms. The summed E-state index contributed by atoms with van der Waals surface area (Å²) < 4.78 is 27.8. The third-order valence-corrected chi connectivity index (χ3v) is 5.92. The molecule has 0 bridgehead atoms. The third kappa shape index (κ3) is 4.28. The highest BCUT2D eigenvalue weighted by molar-refractivity contribution is 7.92. The fourth-order valence-electron chi connectivity index (χ4n) is 3.12. The van der Waals surface area contributed by atoms with Crippen LogP contribution in [0.3, 0.4) is 0 Å². The average molecular weight is 402 g/mol. The number of hydrogen-bond donors (Lipinski definition) is 2. The number of nitrogens with one attached hydrogen (secondary N) is 2. The lowest BCUT2D eigenvalue weighted by molar-refractivity contribution is 0.601. The van der Waals surface area contributed by atoms with Gasteiger partial charge in [0.25, 0.3) is 10.0 Å². The first-order valence-corrected chi connectivity index (χ1v) is 10.6. The zero-order chi connectivity index (χ0) is 20.3. The van der Waals surface area contributed by atoms with Gasteiger partial charge in [0.1, 0.15) is 5.82 Å². The van der Waals surface area contributed by atoms with Crippen molar-refractivity contribution in [2.75, 3.05) is 4.72 Å².